The molecule has 0 fully saturated rings. The SMILES string of the molecule is Cc1cccc(-c2ccc(N(C)C#N)nn2)c1. The Hall–Kier alpha value is -2.41. The quantitative estimate of drug-likeness (QED) is 0.580. The van der Waals surface area contributed by atoms with Crippen molar-refractivity contribution in [1.29, 1.82) is 5.26 Å². The van der Waals surface area contributed by atoms with Crippen LogP contribution in [-0.4, -0.2) is 17.2 Å². The van der Waals surface area contributed by atoms with E-state index in [2.05, 4.69) is 16.3 Å². The second-order valence-corrected chi connectivity index (χ2v) is 3.81. The first-order valence-corrected chi connectivity index (χ1v) is 5.25. The molecule has 0 aliphatic rings. The van der Waals surface area contributed by atoms with Crippen molar-refractivity contribution < 1.29 is 0 Å². The Morgan fingerprint density at radius 1 is 1.18 bits per heavy atom. The minimum atomic E-state index is 0.545. The standard InChI is InChI=1S/C13H12N4/c1-10-4-3-5-11(8-10)12-6-7-13(16-15-12)17(2)9-14/h3-8H,1-2H3. The second-order valence-electron chi connectivity index (χ2n) is 3.81. The van der Waals surface area contributed by atoms with Gasteiger partial charge in [0.2, 0.25) is 0 Å². The van der Waals surface area contributed by atoms with E-state index in [0.717, 1.165) is 11.3 Å². The summed E-state index contributed by atoms with van der Waals surface area (Å²) in [7, 11) is 1.65. The van der Waals surface area contributed by atoms with Crippen LogP contribution in [0.5, 0.6) is 0 Å². The minimum Gasteiger partial charge on any atom is -0.265 e. The largest absolute Gasteiger partial charge is 0.265 e. The first kappa shape index (κ1) is 11.1. The number of anilines is 1. The highest BCUT2D eigenvalue weighted by Gasteiger charge is 2.04. The monoisotopic (exact) mass is 224 g/mol. The molecule has 1 aromatic heterocycles. The van der Waals surface area contributed by atoms with Gasteiger partial charge < -0.3 is 0 Å². The highest BCUT2D eigenvalue weighted by atomic mass is 15.2. The predicted octanol–water partition coefficient (Wildman–Crippen LogP) is 2.37. The van der Waals surface area contributed by atoms with E-state index >= 15 is 0 Å². The van der Waals surface area contributed by atoms with Crippen molar-refractivity contribution in [2.24, 2.45) is 0 Å². The molecule has 0 atom stereocenters. The molecule has 0 saturated heterocycles. The Morgan fingerprint density at radius 3 is 2.59 bits per heavy atom. The van der Waals surface area contributed by atoms with Gasteiger partial charge in [-0.25, -0.2) is 0 Å². The van der Waals surface area contributed by atoms with Crippen LogP contribution < -0.4 is 4.90 Å². The first-order chi connectivity index (χ1) is 8.20. The molecule has 0 bridgehead atoms. The van der Waals surface area contributed by atoms with Gasteiger partial charge in [-0.1, -0.05) is 23.8 Å². The number of benzene rings is 1. The van der Waals surface area contributed by atoms with Crippen molar-refractivity contribution in [2.45, 2.75) is 6.92 Å². The predicted molar refractivity (Wildman–Crippen MR) is 66.2 cm³/mol. The van der Waals surface area contributed by atoms with Crippen LogP contribution in [0.2, 0.25) is 0 Å². The van der Waals surface area contributed by atoms with Gasteiger partial charge in [-0.2, -0.15) is 5.26 Å². The highest BCUT2D eigenvalue weighted by Crippen LogP contribution is 2.18. The average Bonchev–Trinajstić information content (AvgIpc) is 2.38. The van der Waals surface area contributed by atoms with Crippen LogP contribution in [0.4, 0.5) is 5.82 Å². The van der Waals surface area contributed by atoms with Crippen LogP contribution in [0.25, 0.3) is 11.3 Å². The molecule has 0 amide bonds. The Bertz CT molecular complexity index is 554. The van der Waals surface area contributed by atoms with Gasteiger partial charge in [0, 0.05) is 12.6 Å². The van der Waals surface area contributed by atoms with Crippen LogP contribution in [0.1, 0.15) is 5.56 Å². The van der Waals surface area contributed by atoms with Gasteiger partial charge in [-0.3, -0.25) is 4.90 Å². The van der Waals surface area contributed by atoms with E-state index in [1.165, 1.54) is 10.5 Å². The molecule has 0 aliphatic carbocycles. The van der Waals surface area contributed by atoms with Crippen molar-refractivity contribution in [3.8, 4) is 17.5 Å². The van der Waals surface area contributed by atoms with E-state index in [1.807, 2.05) is 37.4 Å². The van der Waals surface area contributed by atoms with Crippen LogP contribution >= 0.6 is 0 Å². The fourth-order valence-electron chi connectivity index (χ4n) is 1.51. The maximum Gasteiger partial charge on any atom is 0.185 e. The number of aryl methyl sites for hydroxylation is 1. The lowest BCUT2D eigenvalue weighted by molar-refractivity contribution is 0.994. The second kappa shape index (κ2) is 4.62. The maximum atomic E-state index is 8.72. The topological polar surface area (TPSA) is 52.8 Å². The average molecular weight is 224 g/mol. The third kappa shape index (κ3) is 2.40. The normalized spacial score (nSPS) is 9.71. The van der Waals surface area contributed by atoms with Gasteiger partial charge in [0.25, 0.3) is 0 Å². The fourth-order valence-corrected chi connectivity index (χ4v) is 1.51. The van der Waals surface area contributed by atoms with Crippen LogP contribution in [-0.2, 0) is 0 Å². The zero-order chi connectivity index (χ0) is 12.3. The van der Waals surface area contributed by atoms with Crippen molar-refractivity contribution in [2.75, 3.05) is 11.9 Å². The van der Waals surface area contributed by atoms with E-state index in [4.69, 9.17) is 5.26 Å². The molecule has 4 nitrogen and oxygen atoms in total. The molecule has 2 aromatic rings. The molecule has 0 N–H and O–H groups in total. The van der Waals surface area contributed by atoms with Crippen LogP contribution in [0.3, 0.4) is 0 Å². The number of rotatable bonds is 2. The molecule has 1 aromatic carbocycles. The molecule has 0 spiro atoms. The summed E-state index contributed by atoms with van der Waals surface area (Å²) in [5, 5.41) is 16.8. The number of nitriles is 1. The lowest BCUT2D eigenvalue weighted by Gasteiger charge is -2.07. The summed E-state index contributed by atoms with van der Waals surface area (Å²) >= 11 is 0. The minimum absolute atomic E-state index is 0.545. The van der Waals surface area contributed by atoms with Gasteiger partial charge in [-0.15, -0.1) is 10.2 Å². The Morgan fingerprint density at radius 2 is 2.00 bits per heavy atom. The van der Waals surface area contributed by atoms with Crippen molar-refractivity contribution in [1.82, 2.24) is 10.2 Å². The zero-order valence-electron chi connectivity index (χ0n) is 9.75. The number of hydrogen-bond donors (Lipinski definition) is 0. The Labute approximate surface area is 100 Å². The van der Waals surface area contributed by atoms with Crippen LogP contribution in [0, 0.1) is 18.4 Å². The molecule has 0 unspecified atom stereocenters. The van der Waals surface area contributed by atoms with Crippen molar-refractivity contribution >= 4 is 5.82 Å². The summed E-state index contributed by atoms with van der Waals surface area (Å²) in [5.74, 6) is 0.545. The smallest absolute Gasteiger partial charge is 0.185 e. The molecule has 0 radical (unpaired) electrons. The van der Waals surface area contributed by atoms with E-state index in [0.29, 0.717) is 5.82 Å². The van der Waals surface area contributed by atoms with Crippen LogP contribution in [0.15, 0.2) is 36.4 Å². The molecular formula is C13H12N4. The van der Waals surface area contributed by atoms with Gasteiger partial charge in [-0.05, 0) is 25.1 Å². The summed E-state index contributed by atoms with van der Waals surface area (Å²) in [6.45, 7) is 2.04. The third-order valence-electron chi connectivity index (χ3n) is 2.46. The number of aromatic nitrogens is 2. The van der Waals surface area contributed by atoms with E-state index in [9.17, 15) is 0 Å². The van der Waals surface area contributed by atoms with E-state index < -0.39 is 0 Å². The molecule has 17 heavy (non-hydrogen) atoms. The Kier molecular flexibility index (Phi) is 3.01. The first-order valence-electron chi connectivity index (χ1n) is 5.25. The van der Waals surface area contributed by atoms with E-state index in [-0.39, 0.29) is 0 Å². The molecule has 1 heterocycles. The lowest BCUT2D eigenvalue weighted by atomic mass is 10.1. The molecule has 2 rings (SSSR count). The van der Waals surface area contributed by atoms with Gasteiger partial charge in [0.15, 0.2) is 12.0 Å². The van der Waals surface area contributed by atoms with Crippen molar-refractivity contribution in [3.63, 3.8) is 0 Å². The zero-order valence-corrected chi connectivity index (χ0v) is 9.75. The van der Waals surface area contributed by atoms with Gasteiger partial charge in [0.1, 0.15) is 0 Å². The third-order valence-corrected chi connectivity index (χ3v) is 2.46. The summed E-state index contributed by atoms with van der Waals surface area (Å²) < 4.78 is 0. The molecule has 84 valence electrons. The summed E-state index contributed by atoms with van der Waals surface area (Å²) in [5.41, 5.74) is 3.02. The molecular weight excluding hydrogens is 212 g/mol. The van der Waals surface area contributed by atoms with Crippen molar-refractivity contribution in [3.05, 3.63) is 42.0 Å². The molecule has 4 heteroatoms. The molecule has 0 aliphatic heterocycles. The maximum absolute atomic E-state index is 8.72. The summed E-state index contributed by atoms with van der Waals surface area (Å²) in [6, 6.07) is 11.7. The van der Waals surface area contributed by atoms with E-state index in [1.54, 1.807) is 13.1 Å². The number of nitrogens with zero attached hydrogens (tertiary/aromatic N) is 4. The summed E-state index contributed by atoms with van der Waals surface area (Å²) in [6.07, 6.45) is 1.98. The summed E-state index contributed by atoms with van der Waals surface area (Å²) in [4.78, 5) is 1.37. The lowest BCUT2D eigenvalue weighted by Crippen LogP contribution is -2.10. The van der Waals surface area contributed by atoms with Gasteiger partial charge in [0.05, 0.1) is 5.69 Å². The highest BCUT2D eigenvalue weighted by molar-refractivity contribution is 5.60. The Balaban J connectivity index is 2.33. The fraction of sp³-hybridized carbons (Fsp3) is 0.154. The number of hydrogen-bond acceptors (Lipinski definition) is 4. The molecule has 0 saturated carbocycles. The van der Waals surface area contributed by atoms with Gasteiger partial charge >= 0.3 is 0 Å².